The molecule has 19 heavy (non-hydrogen) atoms. The molecule has 102 valence electrons. The van der Waals surface area contributed by atoms with E-state index in [9.17, 15) is 0 Å². The van der Waals surface area contributed by atoms with E-state index in [1.807, 2.05) is 0 Å². The maximum absolute atomic E-state index is 4.67. The first kappa shape index (κ1) is 13.0. The highest BCUT2D eigenvalue weighted by molar-refractivity contribution is 7.23. The lowest BCUT2D eigenvalue weighted by Crippen LogP contribution is -1.99. The average Bonchev–Trinajstić information content (AvgIpc) is 3.01. The van der Waals surface area contributed by atoms with Crippen LogP contribution in [0.5, 0.6) is 0 Å². The van der Waals surface area contributed by atoms with Crippen LogP contribution in [0.4, 0.5) is 5.13 Å². The number of nitrogens with zero attached hydrogens (tertiary/aromatic N) is 3. The number of rotatable bonds is 6. The van der Waals surface area contributed by atoms with Gasteiger partial charge in [0.2, 0.25) is 5.13 Å². The van der Waals surface area contributed by atoms with Gasteiger partial charge in [0.15, 0.2) is 5.01 Å². The average molecular weight is 294 g/mol. The molecule has 3 rings (SSSR count). The number of anilines is 1. The number of aromatic nitrogens is 3. The number of nitrogens with one attached hydrogen (secondary N) is 1. The summed E-state index contributed by atoms with van der Waals surface area (Å²) in [5, 5.41) is 15.0. The fourth-order valence-corrected chi connectivity index (χ4v) is 3.84. The second kappa shape index (κ2) is 5.54. The first-order valence-corrected chi connectivity index (χ1v) is 8.46. The normalized spacial score (nSPS) is 14.8. The van der Waals surface area contributed by atoms with Crippen LogP contribution in [0.25, 0.3) is 9.88 Å². The lowest BCUT2D eigenvalue weighted by atomic mass is 10.2. The van der Waals surface area contributed by atoms with E-state index in [1.54, 1.807) is 22.7 Å². The Bertz CT molecular complexity index is 557. The largest absolute Gasteiger partial charge is 0.360 e. The molecule has 2 heterocycles. The van der Waals surface area contributed by atoms with Crippen LogP contribution in [-0.4, -0.2) is 21.7 Å². The minimum atomic E-state index is 0.667. The third kappa shape index (κ3) is 2.95. The third-order valence-electron chi connectivity index (χ3n) is 3.15. The number of hydrogen-bond acceptors (Lipinski definition) is 6. The summed E-state index contributed by atoms with van der Waals surface area (Å²) in [6.45, 7) is 5.24. The van der Waals surface area contributed by atoms with E-state index >= 15 is 0 Å². The van der Waals surface area contributed by atoms with Gasteiger partial charge in [0.1, 0.15) is 0 Å². The molecule has 6 heteroatoms. The van der Waals surface area contributed by atoms with Gasteiger partial charge in [-0.1, -0.05) is 24.7 Å². The summed E-state index contributed by atoms with van der Waals surface area (Å²) in [5.41, 5.74) is 1.25. The van der Waals surface area contributed by atoms with E-state index in [0.717, 1.165) is 21.7 Å². The summed E-state index contributed by atoms with van der Waals surface area (Å²) in [6, 6.07) is 0. The molecule has 0 unspecified atom stereocenters. The molecular weight excluding hydrogens is 276 g/mol. The molecule has 0 aliphatic heterocycles. The summed E-state index contributed by atoms with van der Waals surface area (Å²) in [6.07, 6.45) is 4.91. The topological polar surface area (TPSA) is 50.7 Å². The Morgan fingerprint density at radius 1 is 1.26 bits per heavy atom. The van der Waals surface area contributed by atoms with Gasteiger partial charge < -0.3 is 5.32 Å². The Morgan fingerprint density at radius 3 is 2.84 bits per heavy atom. The molecule has 0 radical (unpaired) electrons. The second-order valence-corrected chi connectivity index (χ2v) is 7.09. The minimum absolute atomic E-state index is 0.667. The molecule has 2 aromatic heterocycles. The first-order chi connectivity index (χ1) is 9.28. The standard InChI is InChI=1S/C13H18N4S2/c1-3-4-7-14-13-17-16-12(19-13)11-10(9-5-6-9)15-8(2)18-11/h9H,3-7H2,1-2H3,(H,14,17). The predicted octanol–water partition coefficient (Wildman–Crippen LogP) is 4.06. The summed E-state index contributed by atoms with van der Waals surface area (Å²) in [7, 11) is 0. The molecule has 2 aromatic rings. The summed E-state index contributed by atoms with van der Waals surface area (Å²) in [4.78, 5) is 5.91. The lowest BCUT2D eigenvalue weighted by Gasteiger charge is -1.98. The molecule has 0 aromatic carbocycles. The smallest absolute Gasteiger partial charge is 0.206 e. The minimum Gasteiger partial charge on any atom is -0.360 e. The van der Waals surface area contributed by atoms with E-state index in [2.05, 4.69) is 34.3 Å². The predicted molar refractivity (Wildman–Crippen MR) is 81.1 cm³/mol. The van der Waals surface area contributed by atoms with E-state index in [1.165, 1.54) is 36.3 Å². The monoisotopic (exact) mass is 294 g/mol. The maximum Gasteiger partial charge on any atom is 0.206 e. The molecular formula is C13H18N4S2. The van der Waals surface area contributed by atoms with Gasteiger partial charge in [-0.2, -0.15) is 0 Å². The van der Waals surface area contributed by atoms with Gasteiger partial charge in [-0.05, 0) is 26.2 Å². The number of aryl methyl sites for hydroxylation is 1. The fraction of sp³-hybridized carbons (Fsp3) is 0.615. The Morgan fingerprint density at radius 2 is 2.11 bits per heavy atom. The van der Waals surface area contributed by atoms with E-state index in [4.69, 9.17) is 0 Å². The highest BCUT2D eigenvalue weighted by atomic mass is 32.1. The van der Waals surface area contributed by atoms with Crippen molar-refractivity contribution in [3.63, 3.8) is 0 Å². The first-order valence-electron chi connectivity index (χ1n) is 6.83. The zero-order chi connectivity index (χ0) is 13.2. The van der Waals surface area contributed by atoms with Crippen molar-refractivity contribution in [1.82, 2.24) is 15.2 Å². The van der Waals surface area contributed by atoms with Gasteiger partial charge in [-0.15, -0.1) is 21.5 Å². The van der Waals surface area contributed by atoms with E-state index in [-0.39, 0.29) is 0 Å². The van der Waals surface area contributed by atoms with E-state index < -0.39 is 0 Å². The molecule has 0 saturated heterocycles. The SMILES string of the molecule is CCCCNc1nnc(-c2sc(C)nc2C2CC2)s1. The van der Waals surface area contributed by atoms with Gasteiger partial charge in [0, 0.05) is 12.5 Å². The summed E-state index contributed by atoms with van der Waals surface area (Å²) < 4.78 is 0. The fourth-order valence-electron chi connectivity index (χ4n) is 1.99. The van der Waals surface area contributed by atoms with Crippen LogP contribution in [-0.2, 0) is 0 Å². The van der Waals surface area contributed by atoms with E-state index in [0.29, 0.717) is 5.92 Å². The molecule has 0 amide bonds. The molecule has 1 saturated carbocycles. The van der Waals surface area contributed by atoms with Crippen LogP contribution < -0.4 is 5.32 Å². The van der Waals surface area contributed by atoms with Crippen molar-refractivity contribution in [2.24, 2.45) is 0 Å². The molecule has 4 nitrogen and oxygen atoms in total. The van der Waals surface area contributed by atoms with Crippen molar-refractivity contribution < 1.29 is 0 Å². The highest BCUT2D eigenvalue weighted by Gasteiger charge is 2.30. The van der Waals surface area contributed by atoms with Crippen LogP contribution in [0, 0.1) is 6.92 Å². The van der Waals surface area contributed by atoms with Crippen LogP contribution in [0.2, 0.25) is 0 Å². The molecule has 1 aliphatic carbocycles. The van der Waals surface area contributed by atoms with Gasteiger partial charge in [0.05, 0.1) is 15.6 Å². The van der Waals surface area contributed by atoms with Crippen molar-refractivity contribution in [2.45, 2.75) is 45.4 Å². The van der Waals surface area contributed by atoms with Gasteiger partial charge >= 0.3 is 0 Å². The molecule has 0 spiro atoms. The van der Waals surface area contributed by atoms with Crippen molar-refractivity contribution in [3.8, 4) is 9.88 Å². The van der Waals surface area contributed by atoms with Gasteiger partial charge in [-0.25, -0.2) is 4.98 Å². The van der Waals surface area contributed by atoms with Crippen LogP contribution >= 0.6 is 22.7 Å². The summed E-state index contributed by atoms with van der Waals surface area (Å²) >= 11 is 3.39. The summed E-state index contributed by atoms with van der Waals surface area (Å²) in [5.74, 6) is 0.667. The number of unbranched alkanes of at least 4 members (excludes halogenated alkanes) is 1. The van der Waals surface area contributed by atoms with Gasteiger partial charge in [0.25, 0.3) is 0 Å². The molecule has 1 N–H and O–H groups in total. The third-order valence-corrected chi connectivity index (χ3v) is 5.17. The number of hydrogen-bond donors (Lipinski definition) is 1. The second-order valence-electron chi connectivity index (χ2n) is 4.91. The van der Waals surface area contributed by atoms with Crippen molar-refractivity contribution in [1.29, 1.82) is 0 Å². The Labute approximate surface area is 121 Å². The molecule has 0 bridgehead atoms. The Kier molecular flexibility index (Phi) is 3.79. The Hall–Kier alpha value is -1.01. The Balaban J connectivity index is 1.78. The molecule has 1 fully saturated rings. The molecule has 0 atom stereocenters. The van der Waals surface area contributed by atoms with Crippen molar-refractivity contribution in [2.75, 3.05) is 11.9 Å². The van der Waals surface area contributed by atoms with Gasteiger partial charge in [-0.3, -0.25) is 0 Å². The molecule has 1 aliphatic rings. The quantitative estimate of drug-likeness (QED) is 0.816. The zero-order valence-electron chi connectivity index (χ0n) is 11.3. The van der Waals surface area contributed by atoms with Crippen LogP contribution in [0.3, 0.4) is 0 Å². The maximum atomic E-state index is 4.67. The van der Waals surface area contributed by atoms with Crippen LogP contribution in [0.15, 0.2) is 0 Å². The van der Waals surface area contributed by atoms with Crippen molar-refractivity contribution in [3.05, 3.63) is 10.7 Å². The lowest BCUT2D eigenvalue weighted by molar-refractivity contribution is 0.831. The highest BCUT2D eigenvalue weighted by Crippen LogP contribution is 2.46. The number of thiazole rings is 1. The van der Waals surface area contributed by atoms with Crippen molar-refractivity contribution >= 4 is 27.8 Å². The zero-order valence-corrected chi connectivity index (χ0v) is 12.9. The van der Waals surface area contributed by atoms with Crippen LogP contribution in [0.1, 0.15) is 49.2 Å².